The maximum atomic E-state index is 13.2. The largest absolute Gasteiger partial charge is 0.491 e. The molecule has 3 N–H and O–H groups in total. The lowest BCUT2D eigenvalue weighted by Crippen LogP contribution is -2.39. The van der Waals surface area contributed by atoms with Gasteiger partial charge in [-0.15, -0.1) is 0 Å². The number of aliphatic hydroxyl groups is 1. The van der Waals surface area contributed by atoms with Crippen molar-refractivity contribution in [2.75, 3.05) is 33.4 Å². The summed E-state index contributed by atoms with van der Waals surface area (Å²) in [5.41, 5.74) is 2.90. The second-order valence-corrected chi connectivity index (χ2v) is 8.57. The molecule has 1 saturated heterocycles. The van der Waals surface area contributed by atoms with E-state index < -0.39 is 6.10 Å². The van der Waals surface area contributed by atoms with Crippen molar-refractivity contribution in [3.05, 3.63) is 47.5 Å². The molecule has 0 bridgehead atoms. The molecule has 1 atom stereocenters. The molecular weight excluding hydrogens is 450 g/mol. The third-order valence-electron chi connectivity index (χ3n) is 5.78. The zero-order valence-electron chi connectivity index (χ0n) is 20.2. The Balaban J connectivity index is 1.67. The summed E-state index contributed by atoms with van der Waals surface area (Å²) in [6.45, 7) is 5.46. The third-order valence-corrected chi connectivity index (χ3v) is 5.78. The van der Waals surface area contributed by atoms with Gasteiger partial charge in [-0.05, 0) is 51.9 Å². The fourth-order valence-electron chi connectivity index (χ4n) is 3.98. The molecule has 2 aromatic heterocycles. The number of nitrogens with one attached hydrogen (secondary N) is 2. The van der Waals surface area contributed by atoms with Gasteiger partial charge in [-0.3, -0.25) is 4.79 Å². The minimum atomic E-state index is -0.636. The van der Waals surface area contributed by atoms with E-state index in [4.69, 9.17) is 19.0 Å². The molecule has 3 aromatic rings. The average molecular weight is 482 g/mol. The van der Waals surface area contributed by atoms with E-state index in [9.17, 15) is 9.90 Å². The van der Waals surface area contributed by atoms with Crippen LogP contribution in [0.5, 0.6) is 5.75 Å². The molecule has 1 fully saturated rings. The van der Waals surface area contributed by atoms with Crippen LogP contribution in [0.25, 0.3) is 22.6 Å². The highest BCUT2D eigenvalue weighted by molar-refractivity contribution is 5.94. The van der Waals surface area contributed by atoms with Gasteiger partial charge in [0, 0.05) is 31.4 Å². The molecule has 10 nitrogen and oxygen atoms in total. The van der Waals surface area contributed by atoms with Crippen molar-refractivity contribution < 1.29 is 23.9 Å². The molecule has 3 heterocycles. The molecule has 1 aliphatic heterocycles. The van der Waals surface area contributed by atoms with Crippen LogP contribution in [0.15, 0.2) is 34.9 Å². The number of aromatic nitrogens is 3. The molecule has 0 saturated carbocycles. The van der Waals surface area contributed by atoms with E-state index in [-0.39, 0.29) is 24.2 Å². The number of aryl methyl sites for hydroxylation is 2. The molecule has 10 heteroatoms. The zero-order valence-corrected chi connectivity index (χ0v) is 20.2. The number of benzene rings is 1. The van der Waals surface area contributed by atoms with Gasteiger partial charge in [0.2, 0.25) is 0 Å². The topological polar surface area (TPSA) is 132 Å². The van der Waals surface area contributed by atoms with Crippen LogP contribution in [0.4, 0.5) is 0 Å². The zero-order chi connectivity index (χ0) is 24.8. The summed E-state index contributed by atoms with van der Waals surface area (Å²) in [5, 5.41) is 20.0. The minimum absolute atomic E-state index is 0.0398. The van der Waals surface area contributed by atoms with Crippen LogP contribution in [0.1, 0.15) is 34.8 Å². The third kappa shape index (κ3) is 6.21. The fraction of sp³-hybridized carbons (Fsp3) is 0.440. The van der Waals surface area contributed by atoms with Gasteiger partial charge in [-0.25, -0.2) is 9.97 Å². The van der Waals surface area contributed by atoms with Crippen LogP contribution in [-0.4, -0.2) is 71.7 Å². The van der Waals surface area contributed by atoms with Crippen LogP contribution in [0.3, 0.4) is 0 Å². The number of hydrogen-bond donors (Lipinski definition) is 3. The number of ether oxygens (including phenoxy) is 2. The SMILES string of the molecule is CNCC(O)COc1cccc(-c2nc(C(=O)NC3CCOCC3)cc(-c3c(C)noc3C)n2)c1. The number of aliphatic hydroxyl groups excluding tert-OH is 1. The molecule has 35 heavy (non-hydrogen) atoms. The Hall–Kier alpha value is -3.34. The predicted octanol–water partition coefficient (Wildman–Crippen LogP) is 2.28. The number of carbonyl (C=O) groups excluding carboxylic acids is 1. The van der Waals surface area contributed by atoms with E-state index in [0.717, 1.165) is 18.4 Å². The van der Waals surface area contributed by atoms with Gasteiger partial charge in [0.25, 0.3) is 5.91 Å². The van der Waals surface area contributed by atoms with Crippen molar-refractivity contribution in [1.82, 2.24) is 25.8 Å². The number of likely N-dealkylation sites (N-methyl/N-ethyl adjacent to an activating group) is 1. The van der Waals surface area contributed by atoms with Crippen LogP contribution in [-0.2, 0) is 4.74 Å². The van der Waals surface area contributed by atoms with Gasteiger partial charge in [0.05, 0.1) is 17.0 Å². The molecule has 1 unspecified atom stereocenters. The fourth-order valence-corrected chi connectivity index (χ4v) is 3.98. The van der Waals surface area contributed by atoms with Crippen LogP contribution < -0.4 is 15.4 Å². The maximum absolute atomic E-state index is 13.2. The van der Waals surface area contributed by atoms with Crippen molar-refractivity contribution in [2.45, 2.75) is 38.8 Å². The average Bonchev–Trinajstić information content (AvgIpc) is 3.21. The highest BCUT2D eigenvalue weighted by Crippen LogP contribution is 2.29. The molecule has 0 aliphatic carbocycles. The smallest absolute Gasteiger partial charge is 0.270 e. The molecule has 1 aromatic carbocycles. The maximum Gasteiger partial charge on any atom is 0.270 e. The Kier molecular flexibility index (Phi) is 8.06. The van der Waals surface area contributed by atoms with Gasteiger partial charge >= 0.3 is 0 Å². The van der Waals surface area contributed by atoms with E-state index in [1.807, 2.05) is 26.0 Å². The Morgan fingerprint density at radius 3 is 2.74 bits per heavy atom. The lowest BCUT2D eigenvalue weighted by Gasteiger charge is -2.23. The summed E-state index contributed by atoms with van der Waals surface area (Å²) in [4.78, 5) is 22.5. The van der Waals surface area contributed by atoms with Gasteiger partial charge in [0.1, 0.15) is 29.9 Å². The summed E-state index contributed by atoms with van der Waals surface area (Å²) < 4.78 is 16.5. The number of nitrogens with zero attached hydrogens (tertiary/aromatic N) is 3. The summed E-state index contributed by atoms with van der Waals surface area (Å²) >= 11 is 0. The lowest BCUT2D eigenvalue weighted by atomic mass is 10.1. The highest BCUT2D eigenvalue weighted by Gasteiger charge is 2.22. The van der Waals surface area contributed by atoms with Gasteiger partial charge < -0.3 is 29.7 Å². The van der Waals surface area contributed by atoms with E-state index in [0.29, 0.717) is 54.0 Å². The van der Waals surface area contributed by atoms with Crippen LogP contribution >= 0.6 is 0 Å². The number of hydrogen-bond acceptors (Lipinski definition) is 9. The minimum Gasteiger partial charge on any atom is -0.491 e. The highest BCUT2D eigenvalue weighted by atomic mass is 16.5. The predicted molar refractivity (Wildman–Crippen MR) is 129 cm³/mol. The van der Waals surface area contributed by atoms with E-state index >= 15 is 0 Å². The van der Waals surface area contributed by atoms with Gasteiger partial charge in [-0.2, -0.15) is 0 Å². The van der Waals surface area contributed by atoms with Gasteiger partial charge in [-0.1, -0.05) is 17.3 Å². The Morgan fingerprint density at radius 2 is 2.03 bits per heavy atom. The first-order valence-corrected chi connectivity index (χ1v) is 11.7. The van der Waals surface area contributed by atoms with Crippen LogP contribution in [0, 0.1) is 13.8 Å². The second-order valence-electron chi connectivity index (χ2n) is 8.57. The number of rotatable bonds is 9. The summed E-state index contributed by atoms with van der Waals surface area (Å²) in [7, 11) is 1.77. The van der Waals surface area contributed by atoms with Gasteiger partial charge in [0.15, 0.2) is 5.82 Å². The molecule has 186 valence electrons. The van der Waals surface area contributed by atoms with E-state index in [1.165, 1.54) is 0 Å². The molecule has 4 rings (SSSR count). The van der Waals surface area contributed by atoms with E-state index in [2.05, 4.69) is 20.8 Å². The Bertz CT molecular complexity index is 1140. The second kappa shape index (κ2) is 11.4. The number of carbonyl (C=O) groups is 1. The molecule has 0 radical (unpaired) electrons. The standard InChI is InChI=1S/C25H31N5O5/c1-15-23(16(2)35-30-15)21-12-22(25(32)27-18-7-9-33-10-8-18)29-24(28-21)17-5-4-6-20(11-17)34-14-19(31)13-26-3/h4-6,11-12,18-19,26,31H,7-10,13-14H2,1-3H3,(H,27,32). The Morgan fingerprint density at radius 1 is 1.23 bits per heavy atom. The monoisotopic (exact) mass is 481 g/mol. The van der Waals surface area contributed by atoms with Crippen LogP contribution in [0.2, 0.25) is 0 Å². The van der Waals surface area contributed by atoms with Crippen molar-refractivity contribution in [3.63, 3.8) is 0 Å². The molecule has 1 amide bonds. The normalized spacial score (nSPS) is 15.1. The lowest BCUT2D eigenvalue weighted by molar-refractivity contribution is 0.0694. The van der Waals surface area contributed by atoms with E-state index in [1.54, 1.807) is 25.2 Å². The first-order valence-electron chi connectivity index (χ1n) is 11.7. The summed E-state index contributed by atoms with van der Waals surface area (Å²) in [6, 6.07) is 8.97. The van der Waals surface area contributed by atoms with Crippen molar-refractivity contribution in [2.24, 2.45) is 0 Å². The number of amides is 1. The first-order chi connectivity index (χ1) is 16.9. The quantitative estimate of drug-likeness (QED) is 0.421. The Labute approximate surface area is 204 Å². The summed E-state index contributed by atoms with van der Waals surface area (Å²) in [5.74, 6) is 1.28. The van der Waals surface area contributed by atoms with Crippen molar-refractivity contribution >= 4 is 5.91 Å². The summed E-state index contributed by atoms with van der Waals surface area (Å²) in [6.07, 6.45) is 0.890. The first kappa shape index (κ1) is 24.8. The molecule has 0 spiro atoms. The molecular formula is C25H31N5O5. The molecule has 1 aliphatic rings. The van der Waals surface area contributed by atoms with Crippen molar-refractivity contribution in [3.8, 4) is 28.4 Å². The van der Waals surface area contributed by atoms with Crippen molar-refractivity contribution in [1.29, 1.82) is 0 Å².